The molecule has 0 aliphatic rings. The third-order valence-electron chi connectivity index (χ3n) is 2.99. The van der Waals surface area contributed by atoms with Gasteiger partial charge in [0, 0.05) is 17.1 Å². The molecule has 18 heavy (non-hydrogen) atoms. The van der Waals surface area contributed by atoms with E-state index >= 15 is 0 Å². The molecule has 0 unspecified atom stereocenters. The number of benzene rings is 2. The molecular weight excluding hydrogens is 227 g/mol. The normalized spacial score (nSPS) is 10.4. The fourth-order valence-corrected chi connectivity index (χ4v) is 2.12. The van der Waals surface area contributed by atoms with Gasteiger partial charge in [0.15, 0.2) is 0 Å². The van der Waals surface area contributed by atoms with E-state index in [1.54, 1.807) is 12.1 Å². The first-order chi connectivity index (χ1) is 8.79. The standard InChI is InChI=1S/C15H9FN2/c16-14-5-4-10(8-11(14)9-17)12-2-1-3-15-13(12)6-7-18-15/h1-8,18H. The van der Waals surface area contributed by atoms with Crippen molar-refractivity contribution in [2.24, 2.45) is 0 Å². The summed E-state index contributed by atoms with van der Waals surface area (Å²) in [6.07, 6.45) is 1.86. The zero-order valence-corrected chi connectivity index (χ0v) is 9.44. The van der Waals surface area contributed by atoms with Gasteiger partial charge in [-0.15, -0.1) is 0 Å². The van der Waals surface area contributed by atoms with Crippen LogP contribution >= 0.6 is 0 Å². The van der Waals surface area contributed by atoms with Crippen molar-refractivity contribution < 1.29 is 4.39 Å². The molecule has 0 spiro atoms. The predicted octanol–water partition coefficient (Wildman–Crippen LogP) is 3.85. The van der Waals surface area contributed by atoms with E-state index in [2.05, 4.69) is 4.98 Å². The van der Waals surface area contributed by atoms with E-state index in [1.807, 2.05) is 36.5 Å². The van der Waals surface area contributed by atoms with Crippen LogP contribution in [0, 0.1) is 17.1 Å². The summed E-state index contributed by atoms with van der Waals surface area (Å²) in [6, 6.07) is 14.3. The summed E-state index contributed by atoms with van der Waals surface area (Å²) in [7, 11) is 0. The van der Waals surface area contributed by atoms with Crippen molar-refractivity contribution in [3.63, 3.8) is 0 Å². The van der Waals surface area contributed by atoms with Crippen LogP contribution in [-0.4, -0.2) is 4.98 Å². The number of rotatable bonds is 1. The minimum absolute atomic E-state index is 0.0695. The Hall–Kier alpha value is -2.60. The molecule has 3 rings (SSSR count). The fourth-order valence-electron chi connectivity index (χ4n) is 2.12. The molecule has 0 atom stereocenters. The lowest BCUT2D eigenvalue weighted by Crippen LogP contribution is -1.86. The Morgan fingerprint density at radius 3 is 2.83 bits per heavy atom. The highest BCUT2D eigenvalue weighted by Crippen LogP contribution is 2.29. The Kier molecular flexibility index (Phi) is 2.35. The van der Waals surface area contributed by atoms with Crippen molar-refractivity contribution in [1.29, 1.82) is 5.26 Å². The first-order valence-electron chi connectivity index (χ1n) is 5.56. The fraction of sp³-hybridized carbons (Fsp3) is 0. The number of hydrogen-bond acceptors (Lipinski definition) is 1. The van der Waals surface area contributed by atoms with Crippen molar-refractivity contribution in [2.75, 3.05) is 0 Å². The number of nitrogens with one attached hydrogen (secondary N) is 1. The van der Waals surface area contributed by atoms with Gasteiger partial charge in [0.05, 0.1) is 5.56 Å². The van der Waals surface area contributed by atoms with Crippen LogP contribution < -0.4 is 0 Å². The van der Waals surface area contributed by atoms with E-state index < -0.39 is 5.82 Å². The first-order valence-corrected chi connectivity index (χ1v) is 5.56. The van der Waals surface area contributed by atoms with E-state index in [-0.39, 0.29) is 5.56 Å². The number of H-pyrrole nitrogens is 1. The summed E-state index contributed by atoms with van der Waals surface area (Å²) < 4.78 is 13.3. The molecule has 0 saturated heterocycles. The van der Waals surface area contributed by atoms with Crippen LogP contribution in [0.5, 0.6) is 0 Å². The average molecular weight is 236 g/mol. The number of aromatic amines is 1. The lowest BCUT2D eigenvalue weighted by molar-refractivity contribution is 0.624. The molecule has 0 aliphatic carbocycles. The third-order valence-corrected chi connectivity index (χ3v) is 2.99. The highest BCUT2D eigenvalue weighted by molar-refractivity contribution is 5.95. The molecule has 0 amide bonds. The Morgan fingerprint density at radius 1 is 1.11 bits per heavy atom. The van der Waals surface area contributed by atoms with Crippen LogP contribution in [0.15, 0.2) is 48.7 Å². The minimum Gasteiger partial charge on any atom is -0.361 e. The Labute approximate surface area is 103 Å². The summed E-state index contributed by atoms with van der Waals surface area (Å²) in [4.78, 5) is 3.13. The number of nitriles is 1. The Bertz CT molecular complexity index is 766. The van der Waals surface area contributed by atoms with Gasteiger partial charge < -0.3 is 4.98 Å². The van der Waals surface area contributed by atoms with Gasteiger partial charge in [0.25, 0.3) is 0 Å². The molecule has 2 nitrogen and oxygen atoms in total. The van der Waals surface area contributed by atoms with Gasteiger partial charge in [-0.25, -0.2) is 4.39 Å². The van der Waals surface area contributed by atoms with Gasteiger partial charge in [-0.05, 0) is 35.4 Å². The molecule has 1 N–H and O–H groups in total. The summed E-state index contributed by atoms with van der Waals surface area (Å²) in [6.45, 7) is 0. The number of halogens is 1. The summed E-state index contributed by atoms with van der Waals surface area (Å²) in [5, 5.41) is 9.93. The molecule has 0 aliphatic heterocycles. The second kappa shape index (κ2) is 4.01. The van der Waals surface area contributed by atoms with Crippen LogP contribution in [0.4, 0.5) is 4.39 Å². The van der Waals surface area contributed by atoms with Crippen molar-refractivity contribution in [2.45, 2.75) is 0 Å². The molecule has 1 heterocycles. The highest BCUT2D eigenvalue weighted by atomic mass is 19.1. The van der Waals surface area contributed by atoms with Gasteiger partial charge in [0.2, 0.25) is 0 Å². The molecular formula is C15H9FN2. The minimum atomic E-state index is -0.484. The average Bonchev–Trinajstić information content (AvgIpc) is 2.87. The molecule has 2 aromatic carbocycles. The first kappa shape index (κ1) is 10.5. The maximum absolute atomic E-state index is 13.3. The maximum atomic E-state index is 13.3. The number of aromatic nitrogens is 1. The van der Waals surface area contributed by atoms with Crippen LogP contribution in [0.3, 0.4) is 0 Å². The van der Waals surface area contributed by atoms with Crippen molar-refractivity contribution in [1.82, 2.24) is 4.98 Å². The van der Waals surface area contributed by atoms with E-state index in [9.17, 15) is 4.39 Å². The number of fused-ring (bicyclic) bond motifs is 1. The maximum Gasteiger partial charge on any atom is 0.140 e. The third kappa shape index (κ3) is 1.56. The molecule has 3 aromatic rings. The molecule has 86 valence electrons. The summed E-state index contributed by atoms with van der Waals surface area (Å²) >= 11 is 0. The van der Waals surface area contributed by atoms with Crippen molar-refractivity contribution >= 4 is 10.9 Å². The molecule has 0 saturated carbocycles. The van der Waals surface area contributed by atoms with E-state index in [0.29, 0.717) is 0 Å². The number of hydrogen-bond donors (Lipinski definition) is 1. The van der Waals surface area contributed by atoms with Crippen molar-refractivity contribution in [3.05, 3.63) is 60.0 Å². The monoisotopic (exact) mass is 236 g/mol. The van der Waals surface area contributed by atoms with E-state index in [0.717, 1.165) is 22.0 Å². The summed E-state index contributed by atoms with van der Waals surface area (Å²) in [5.74, 6) is -0.484. The van der Waals surface area contributed by atoms with Crippen LogP contribution in [-0.2, 0) is 0 Å². The zero-order valence-electron chi connectivity index (χ0n) is 9.44. The molecule has 3 heteroatoms. The summed E-state index contributed by atoms with van der Waals surface area (Å²) in [5.41, 5.74) is 2.93. The predicted molar refractivity (Wildman–Crippen MR) is 68.4 cm³/mol. The highest BCUT2D eigenvalue weighted by Gasteiger charge is 2.07. The second-order valence-corrected chi connectivity index (χ2v) is 4.05. The molecule has 0 radical (unpaired) electrons. The van der Waals surface area contributed by atoms with Gasteiger partial charge in [-0.2, -0.15) is 5.26 Å². The van der Waals surface area contributed by atoms with E-state index in [4.69, 9.17) is 5.26 Å². The smallest absolute Gasteiger partial charge is 0.140 e. The SMILES string of the molecule is N#Cc1cc(-c2cccc3[nH]ccc23)ccc1F. The van der Waals surface area contributed by atoms with Crippen LogP contribution in [0.2, 0.25) is 0 Å². The lowest BCUT2D eigenvalue weighted by atomic mass is 10.00. The molecule has 0 fully saturated rings. The van der Waals surface area contributed by atoms with Gasteiger partial charge in [-0.3, -0.25) is 0 Å². The van der Waals surface area contributed by atoms with E-state index in [1.165, 1.54) is 6.07 Å². The molecule has 0 bridgehead atoms. The Morgan fingerprint density at radius 2 is 2.00 bits per heavy atom. The van der Waals surface area contributed by atoms with Crippen LogP contribution in [0.1, 0.15) is 5.56 Å². The molecule has 1 aromatic heterocycles. The zero-order chi connectivity index (χ0) is 12.5. The quantitative estimate of drug-likeness (QED) is 0.685. The van der Waals surface area contributed by atoms with Crippen molar-refractivity contribution in [3.8, 4) is 17.2 Å². The van der Waals surface area contributed by atoms with Gasteiger partial charge in [-0.1, -0.05) is 18.2 Å². The Balaban J connectivity index is 2.27. The number of nitrogens with zero attached hydrogens (tertiary/aromatic N) is 1. The van der Waals surface area contributed by atoms with Gasteiger partial charge in [0.1, 0.15) is 11.9 Å². The topological polar surface area (TPSA) is 39.6 Å². The van der Waals surface area contributed by atoms with Gasteiger partial charge >= 0.3 is 0 Å². The van der Waals surface area contributed by atoms with Crippen LogP contribution in [0.25, 0.3) is 22.0 Å². The lowest BCUT2D eigenvalue weighted by Gasteiger charge is -2.04. The second-order valence-electron chi connectivity index (χ2n) is 4.05. The largest absolute Gasteiger partial charge is 0.361 e.